The van der Waals surface area contributed by atoms with Crippen LogP contribution in [0, 0.1) is 12.3 Å². The Kier molecular flexibility index (Phi) is 5.17. The molecule has 7 nitrogen and oxygen atoms in total. The Hall–Kier alpha value is -2.62. The van der Waals surface area contributed by atoms with Gasteiger partial charge in [-0.15, -0.1) is 12.3 Å². The van der Waals surface area contributed by atoms with E-state index in [1.165, 1.54) is 0 Å². The molecule has 0 aliphatic carbocycles. The summed E-state index contributed by atoms with van der Waals surface area (Å²) in [5.74, 6) is 4.44. The maximum absolute atomic E-state index is 12.4. The van der Waals surface area contributed by atoms with Gasteiger partial charge in [-0.3, -0.25) is 4.79 Å². The second-order valence-electron chi connectivity index (χ2n) is 6.31. The number of hydrogen-bond donors (Lipinski definition) is 0. The molecule has 0 bridgehead atoms. The molecule has 3 rings (SSSR count). The SMILES string of the molecule is C#CCCC1(CCC(=O)N2CCN(c3cc(OC)ccn3)CC2)N=N1. The number of aromatic nitrogens is 1. The first-order chi connectivity index (χ1) is 12.2. The molecule has 1 aromatic rings. The topological polar surface area (TPSA) is 70.4 Å². The number of amides is 1. The zero-order valence-electron chi connectivity index (χ0n) is 14.5. The van der Waals surface area contributed by atoms with E-state index in [2.05, 4.69) is 26.0 Å². The minimum Gasteiger partial charge on any atom is -0.497 e. The number of nitrogens with zero attached hydrogens (tertiary/aromatic N) is 5. The lowest BCUT2D eigenvalue weighted by Gasteiger charge is -2.35. The summed E-state index contributed by atoms with van der Waals surface area (Å²) in [6, 6.07) is 3.75. The van der Waals surface area contributed by atoms with E-state index >= 15 is 0 Å². The molecule has 0 aromatic carbocycles. The van der Waals surface area contributed by atoms with Gasteiger partial charge in [-0.05, 0) is 6.07 Å². The number of pyridine rings is 1. The van der Waals surface area contributed by atoms with Gasteiger partial charge in [-0.1, -0.05) is 0 Å². The van der Waals surface area contributed by atoms with E-state index < -0.39 is 0 Å². The van der Waals surface area contributed by atoms with Crippen LogP contribution >= 0.6 is 0 Å². The lowest BCUT2D eigenvalue weighted by Crippen LogP contribution is -2.49. The Balaban J connectivity index is 1.45. The highest BCUT2D eigenvalue weighted by Crippen LogP contribution is 2.37. The number of carbonyl (C=O) groups is 1. The van der Waals surface area contributed by atoms with E-state index in [0.29, 0.717) is 32.4 Å². The molecule has 0 unspecified atom stereocenters. The smallest absolute Gasteiger partial charge is 0.222 e. The van der Waals surface area contributed by atoms with Crippen molar-refractivity contribution < 1.29 is 9.53 Å². The molecule has 25 heavy (non-hydrogen) atoms. The molecule has 1 fully saturated rings. The average molecular weight is 341 g/mol. The molecule has 0 atom stereocenters. The van der Waals surface area contributed by atoms with Crippen LogP contribution in [0.1, 0.15) is 25.7 Å². The van der Waals surface area contributed by atoms with Gasteiger partial charge in [0.1, 0.15) is 11.6 Å². The van der Waals surface area contributed by atoms with E-state index in [4.69, 9.17) is 11.2 Å². The van der Waals surface area contributed by atoms with Crippen molar-refractivity contribution in [1.29, 1.82) is 0 Å². The minimum absolute atomic E-state index is 0.163. The summed E-state index contributed by atoms with van der Waals surface area (Å²) in [6.45, 7) is 2.93. The van der Waals surface area contributed by atoms with E-state index in [9.17, 15) is 4.79 Å². The fourth-order valence-corrected chi connectivity index (χ4v) is 3.02. The maximum Gasteiger partial charge on any atom is 0.222 e. The van der Waals surface area contributed by atoms with Gasteiger partial charge in [0.2, 0.25) is 5.91 Å². The summed E-state index contributed by atoms with van der Waals surface area (Å²) >= 11 is 0. The standard InChI is InChI=1S/C18H23N5O2/c1-3-4-7-18(20-21-18)8-5-17(24)23-12-10-22(11-13-23)16-14-15(25-2)6-9-19-16/h1,6,9,14H,4-5,7-8,10-13H2,2H3. The summed E-state index contributed by atoms with van der Waals surface area (Å²) in [5.41, 5.74) is -0.381. The van der Waals surface area contributed by atoms with Crippen LogP contribution in [0.25, 0.3) is 0 Å². The summed E-state index contributed by atoms with van der Waals surface area (Å²) < 4.78 is 5.24. The molecule has 0 radical (unpaired) electrons. The lowest BCUT2D eigenvalue weighted by atomic mass is 10.0. The fourth-order valence-electron chi connectivity index (χ4n) is 3.02. The van der Waals surface area contributed by atoms with Gasteiger partial charge in [-0.2, -0.15) is 10.2 Å². The summed E-state index contributed by atoms with van der Waals surface area (Å²) in [4.78, 5) is 20.9. The van der Waals surface area contributed by atoms with E-state index in [1.54, 1.807) is 13.3 Å². The predicted octanol–water partition coefficient (Wildman–Crippen LogP) is 2.09. The molecule has 0 N–H and O–H groups in total. The van der Waals surface area contributed by atoms with Gasteiger partial charge in [0.15, 0.2) is 5.66 Å². The van der Waals surface area contributed by atoms with Crippen molar-refractivity contribution in [3.8, 4) is 18.1 Å². The molecule has 0 saturated carbocycles. The third-order valence-corrected chi connectivity index (χ3v) is 4.70. The van der Waals surface area contributed by atoms with Crippen LogP contribution < -0.4 is 9.64 Å². The summed E-state index contributed by atoms with van der Waals surface area (Å²) in [5, 5.41) is 8.17. The molecule has 132 valence electrons. The van der Waals surface area contributed by atoms with Gasteiger partial charge in [0.05, 0.1) is 7.11 Å². The molecule has 2 aliphatic rings. The van der Waals surface area contributed by atoms with Crippen LogP contribution in [0.3, 0.4) is 0 Å². The van der Waals surface area contributed by atoms with Crippen molar-refractivity contribution in [2.24, 2.45) is 10.2 Å². The zero-order chi connectivity index (χ0) is 17.7. The van der Waals surface area contributed by atoms with Crippen molar-refractivity contribution in [2.45, 2.75) is 31.3 Å². The van der Waals surface area contributed by atoms with Gasteiger partial charge >= 0.3 is 0 Å². The molecule has 1 aromatic heterocycles. The molecule has 0 spiro atoms. The van der Waals surface area contributed by atoms with Crippen LogP contribution in [0.15, 0.2) is 28.6 Å². The third-order valence-electron chi connectivity index (χ3n) is 4.70. The first-order valence-electron chi connectivity index (χ1n) is 8.56. The Morgan fingerprint density at radius 1 is 1.32 bits per heavy atom. The third kappa shape index (κ3) is 4.27. The second kappa shape index (κ2) is 7.51. The zero-order valence-corrected chi connectivity index (χ0v) is 14.5. The molecule has 3 heterocycles. The fraction of sp³-hybridized carbons (Fsp3) is 0.556. The Morgan fingerprint density at radius 2 is 2.08 bits per heavy atom. The quantitative estimate of drug-likeness (QED) is 0.712. The number of rotatable bonds is 7. The maximum atomic E-state index is 12.4. The first kappa shape index (κ1) is 17.2. The summed E-state index contributed by atoms with van der Waals surface area (Å²) in [6.07, 6.45) is 9.54. The molecule has 2 aliphatic heterocycles. The number of terminal acetylenes is 1. The van der Waals surface area contributed by atoms with Crippen LogP contribution in [0.2, 0.25) is 0 Å². The van der Waals surface area contributed by atoms with Crippen LogP contribution in [0.5, 0.6) is 5.75 Å². The summed E-state index contributed by atoms with van der Waals surface area (Å²) in [7, 11) is 1.64. The Labute approximate surface area is 148 Å². The number of piperazine rings is 1. The van der Waals surface area contributed by atoms with Crippen molar-refractivity contribution in [2.75, 3.05) is 38.2 Å². The highest BCUT2D eigenvalue weighted by molar-refractivity contribution is 5.76. The first-order valence-corrected chi connectivity index (χ1v) is 8.56. The van der Waals surface area contributed by atoms with Gasteiger partial charge in [0.25, 0.3) is 0 Å². The lowest BCUT2D eigenvalue weighted by molar-refractivity contribution is -0.131. The highest BCUT2D eigenvalue weighted by Gasteiger charge is 2.39. The molecular formula is C18H23N5O2. The monoisotopic (exact) mass is 341 g/mol. The normalized spacial score (nSPS) is 17.9. The van der Waals surface area contributed by atoms with Gasteiger partial charge in [0, 0.05) is 64.1 Å². The van der Waals surface area contributed by atoms with Gasteiger partial charge < -0.3 is 14.5 Å². The van der Waals surface area contributed by atoms with Crippen LogP contribution in [-0.4, -0.2) is 54.7 Å². The van der Waals surface area contributed by atoms with Crippen LogP contribution in [-0.2, 0) is 4.79 Å². The predicted molar refractivity (Wildman–Crippen MR) is 94.5 cm³/mol. The number of carbonyl (C=O) groups excluding carboxylic acids is 1. The largest absolute Gasteiger partial charge is 0.497 e. The van der Waals surface area contributed by atoms with Crippen molar-refractivity contribution >= 4 is 11.7 Å². The van der Waals surface area contributed by atoms with E-state index in [-0.39, 0.29) is 11.6 Å². The van der Waals surface area contributed by atoms with E-state index in [1.807, 2.05) is 17.0 Å². The van der Waals surface area contributed by atoms with Crippen molar-refractivity contribution in [1.82, 2.24) is 9.88 Å². The van der Waals surface area contributed by atoms with E-state index in [0.717, 1.165) is 31.1 Å². The Morgan fingerprint density at radius 3 is 2.72 bits per heavy atom. The molecular weight excluding hydrogens is 318 g/mol. The molecule has 1 saturated heterocycles. The second-order valence-corrected chi connectivity index (χ2v) is 6.31. The number of ether oxygens (including phenoxy) is 1. The van der Waals surface area contributed by atoms with Crippen molar-refractivity contribution in [3.63, 3.8) is 0 Å². The Bertz CT molecular complexity index is 683. The number of anilines is 1. The number of hydrogen-bond acceptors (Lipinski definition) is 6. The average Bonchev–Trinajstić information content (AvgIpc) is 3.45. The van der Waals surface area contributed by atoms with Crippen LogP contribution in [0.4, 0.5) is 5.82 Å². The van der Waals surface area contributed by atoms with Crippen molar-refractivity contribution in [3.05, 3.63) is 18.3 Å². The highest BCUT2D eigenvalue weighted by atomic mass is 16.5. The minimum atomic E-state index is -0.381. The number of methoxy groups -OCH3 is 1. The molecule has 1 amide bonds. The van der Waals surface area contributed by atoms with Gasteiger partial charge in [-0.25, -0.2) is 4.98 Å². The molecule has 7 heteroatoms.